The molecule has 1 unspecified atom stereocenters. The molecule has 2 rings (SSSR count). The van der Waals surface area contributed by atoms with Gasteiger partial charge in [-0.05, 0) is 18.2 Å². The van der Waals surface area contributed by atoms with E-state index >= 15 is 0 Å². The normalized spacial score (nSPS) is 17.5. The summed E-state index contributed by atoms with van der Waals surface area (Å²) in [4.78, 5) is 12.7. The average molecular weight is 244 g/mol. The molecule has 0 radical (unpaired) electrons. The Morgan fingerprint density at radius 2 is 2.40 bits per heavy atom. The highest BCUT2D eigenvalue weighted by atomic mass is 32.2. The molecule has 0 fully saturated rings. The molecule has 0 aromatic heterocycles. The highest BCUT2D eigenvalue weighted by Gasteiger charge is 2.14. The lowest BCUT2D eigenvalue weighted by molar-refractivity contribution is 0.387. The van der Waals surface area contributed by atoms with Crippen LogP contribution >= 0.6 is 19.5 Å². The number of hydrogen-bond donors (Lipinski definition) is 2. The molecule has 1 aromatic rings. The Balaban J connectivity index is 2.29. The number of fused-ring (bicyclic) bond motifs is 1. The van der Waals surface area contributed by atoms with E-state index in [1.807, 2.05) is 0 Å². The predicted molar refractivity (Wildman–Crippen MR) is 59.4 cm³/mol. The van der Waals surface area contributed by atoms with Crippen LogP contribution in [0.1, 0.15) is 5.56 Å². The molecule has 0 bridgehead atoms. The number of nitrogens with one attached hydrogen (secondary N) is 1. The summed E-state index contributed by atoms with van der Waals surface area (Å²) in [5.74, 6) is 0.381. The molecule has 2 N–H and O–H groups in total. The molecule has 1 aliphatic rings. The van der Waals surface area contributed by atoms with E-state index in [9.17, 15) is 4.57 Å². The van der Waals surface area contributed by atoms with Crippen LogP contribution in [-0.4, -0.2) is 17.8 Å². The lowest BCUT2D eigenvalue weighted by Gasteiger charge is -2.13. The van der Waals surface area contributed by atoms with Crippen molar-refractivity contribution >= 4 is 25.8 Å². The number of nitrogens with zero attached hydrogens (tertiary/aromatic N) is 1. The molecule has 0 saturated heterocycles. The van der Waals surface area contributed by atoms with Crippen molar-refractivity contribution in [3.05, 3.63) is 23.8 Å². The SMILES string of the molecule is CP(=O)(O)Oc1ccc2c(c1)SNN=C2. The standard InChI is InChI=1S/C8H9N2O3PS/c1-14(11,12)13-7-3-2-6-5-9-10-15-8(6)4-7/h2-5,10H,1H3,(H,11,12). The van der Waals surface area contributed by atoms with E-state index in [-0.39, 0.29) is 0 Å². The lowest BCUT2D eigenvalue weighted by atomic mass is 10.2. The fourth-order valence-electron chi connectivity index (χ4n) is 1.13. The van der Waals surface area contributed by atoms with Crippen LogP contribution in [0.15, 0.2) is 28.2 Å². The summed E-state index contributed by atoms with van der Waals surface area (Å²) in [5, 5.41) is 3.87. The largest absolute Gasteiger partial charge is 0.425 e. The van der Waals surface area contributed by atoms with E-state index in [1.54, 1.807) is 24.4 Å². The summed E-state index contributed by atoms with van der Waals surface area (Å²) in [5.41, 5.74) is 0.954. The first-order valence-electron chi connectivity index (χ1n) is 4.13. The van der Waals surface area contributed by atoms with Gasteiger partial charge in [0.15, 0.2) is 0 Å². The topological polar surface area (TPSA) is 70.9 Å². The summed E-state index contributed by atoms with van der Waals surface area (Å²) >= 11 is 1.33. The summed E-state index contributed by atoms with van der Waals surface area (Å²) in [6.07, 6.45) is 1.68. The Labute approximate surface area is 91.2 Å². The van der Waals surface area contributed by atoms with E-state index in [1.165, 1.54) is 11.9 Å². The Bertz CT molecular complexity index is 457. The van der Waals surface area contributed by atoms with Gasteiger partial charge in [0.1, 0.15) is 5.75 Å². The molecule has 1 heterocycles. The molecule has 0 aliphatic carbocycles. The first-order valence-corrected chi connectivity index (χ1v) is 6.97. The van der Waals surface area contributed by atoms with E-state index in [0.717, 1.165) is 17.1 Å². The van der Waals surface area contributed by atoms with Gasteiger partial charge in [-0.2, -0.15) is 5.10 Å². The highest BCUT2D eigenvalue weighted by molar-refractivity contribution is 7.97. The molecule has 0 amide bonds. The summed E-state index contributed by atoms with van der Waals surface area (Å²) in [6, 6.07) is 5.13. The molecule has 0 spiro atoms. The van der Waals surface area contributed by atoms with Crippen molar-refractivity contribution in [3.63, 3.8) is 0 Å². The van der Waals surface area contributed by atoms with Crippen molar-refractivity contribution in [2.45, 2.75) is 4.90 Å². The van der Waals surface area contributed by atoms with Gasteiger partial charge in [-0.3, -0.25) is 0 Å². The molecule has 80 valence electrons. The molecule has 15 heavy (non-hydrogen) atoms. The third-order valence-electron chi connectivity index (χ3n) is 1.67. The van der Waals surface area contributed by atoms with Crippen LogP contribution in [0, 0.1) is 0 Å². The summed E-state index contributed by atoms with van der Waals surface area (Å²) in [7, 11) is -3.49. The quantitative estimate of drug-likeness (QED) is 0.613. The molecule has 1 atom stereocenters. The maximum atomic E-state index is 11.0. The van der Waals surface area contributed by atoms with Crippen molar-refractivity contribution in [2.24, 2.45) is 5.10 Å². The van der Waals surface area contributed by atoms with Gasteiger partial charge in [-0.25, -0.2) is 9.40 Å². The Morgan fingerprint density at radius 1 is 1.60 bits per heavy atom. The van der Waals surface area contributed by atoms with Crippen molar-refractivity contribution in [1.82, 2.24) is 4.83 Å². The monoisotopic (exact) mass is 244 g/mol. The minimum atomic E-state index is -3.49. The third kappa shape index (κ3) is 2.75. The van der Waals surface area contributed by atoms with Gasteiger partial charge in [-0.15, -0.1) is 0 Å². The zero-order valence-electron chi connectivity index (χ0n) is 7.88. The third-order valence-corrected chi connectivity index (χ3v) is 2.99. The Morgan fingerprint density at radius 3 is 3.13 bits per heavy atom. The van der Waals surface area contributed by atoms with Gasteiger partial charge in [0.25, 0.3) is 0 Å². The van der Waals surface area contributed by atoms with Crippen LogP contribution in [0.25, 0.3) is 0 Å². The predicted octanol–water partition coefficient (Wildman–Crippen LogP) is 1.82. The van der Waals surface area contributed by atoms with Crippen LogP contribution in [0.4, 0.5) is 0 Å². The maximum Gasteiger partial charge on any atom is 0.373 e. The van der Waals surface area contributed by atoms with E-state index in [2.05, 4.69) is 9.93 Å². The molecule has 1 aliphatic heterocycles. The average Bonchev–Trinajstić information content (AvgIpc) is 2.15. The van der Waals surface area contributed by atoms with E-state index in [0.29, 0.717) is 5.75 Å². The number of rotatable bonds is 2. The fraction of sp³-hybridized carbons (Fsp3) is 0.125. The van der Waals surface area contributed by atoms with Crippen LogP contribution in [0.2, 0.25) is 0 Å². The van der Waals surface area contributed by atoms with E-state index < -0.39 is 7.60 Å². The minimum absolute atomic E-state index is 0.381. The zero-order valence-corrected chi connectivity index (χ0v) is 9.59. The highest BCUT2D eigenvalue weighted by Crippen LogP contribution is 2.39. The molecule has 1 aromatic carbocycles. The molecule has 7 heteroatoms. The van der Waals surface area contributed by atoms with Gasteiger partial charge in [0.05, 0.1) is 6.21 Å². The van der Waals surface area contributed by atoms with Crippen molar-refractivity contribution in [2.75, 3.05) is 6.66 Å². The number of benzene rings is 1. The van der Waals surface area contributed by atoms with Crippen LogP contribution in [0.5, 0.6) is 5.75 Å². The van der Waals surface area contributed by atoms with Gasteiger partial charge in [0, 0.05) is 29.1 Å². The first-order chi connectivity index (χ1) is 7.04. The summed E-state index contributed by atoms with van der Waals surface area (Å²) in [6.45, 7) is 1.15. The summed E-state index contributed by atoms with van der Waals surface area (Å²) < 4.78 is 15.9. The smallest absolute Gasteiger partial charge is 0.373 e. The van der Waals surface area contributed by atoms with E-state index in [4.69, 9.17) is 9.42 Å². The van der Waals surface area contributed by atoms with Crippen LogP contribution in [0.3, 0.4) is 0 Å². The second-order valence-corrected chi connectivity index (χ2v) is 5.66. The number of hydrazone groups is 1. The van der Waals surface area contributed by atoms with Gasteiger partial charge in [0.2, 0.25) is 0 Å². The maximum absolute atomic E-state index is 11.0. The lowest BCUT2D eigenvalue weighted by Crippen LogP contribution is -2.02. The van der Waals surface area contributed by atoms with Crippen LogP contribution in [-0.2, 0) is 4.57 Å². The van der Waals surface area contributed by atoms with Crippen LogP contribution < -0.4 is 9.35 Å². The Hall–Kier alpha value is -0.970. The van der Waals surface area contributed by atoms with Crippen molar-refractivity contribution in [3.8, 4) is 5.75 Å². The molecule has 0 saturated carbocycles. The van der Waals surface area contributed by atoms with Gasteiger partial charge >= 0.3 is 7.60 Å². The molecule has 5 nitrogen and oxygen atoms in total. The fourth-order valence-corrected chi connectivity index (χ4v) is 2.26. The first kappa shape index (κ1) is 10.5. The van der Waals surface area contributed by atoms with Crippen molar-refractivity contribution < 1.29 is 14.0 Å². The Kier molecular flexibility index (Phi) is 2.73. The molecular formula is C8H9N2O3PS. The second-order valence-electron chi connectivity index (χ2n) is 3.05. The van der Waals surface area contributed by atoms with Crippen molar-refractivity contribution in [1.29, 1.82) is 0 Å². The number of hydrogen-bond acceptors (Lipinski definition) is 5. The van der Waals surface area contributed by atoms with Gasteiger partial charge < -0.3 is 9.42 Å². The minimum Gasteiger partial charge on any atom is -0.425 e. The molecular weight excluding hydrogens is 235 g/mol. The second kappa shape index (κ2) is 3.89. The van der Waals surface area contributed by atoms with Gasteiger partial charge in [-0.1, -0.05) is 0 Å². The zero-order chi connectivity index (χ0) is 10.9.